The summed E-state index contributed by atoms with van der Waals surface area (Å²) in [5.74, 6) is -0.177. The van der Waals surface area contributed by atoms with Crippen molar-refractivity contribution in [3.8, 4) is 0 Å². The monoisotopic (exact) mass is 390 g/mol. The SMILES string of the molecule is COC[C@H](CO)N1CC(=O)N2C[C@@H](C3C(Cl)=C(Cl)C=CC3O)C[C@H]2C1. The number of aliphatic hydroxyl groups is 2. The number of piperazine rings is 1. The van der Waals surface area contributed by atoms with Crippen molar-refractivity contribution in [1.29, 1.82) is 0 Å². The summed E-state index contributed by atoms with van der Waals surface area (Å²) in [6.07, 6.45) is 3.34. The fourth-order valence-electron chi connectivity index (χ4n) is 4.21. The zero-order valence-corrected chi connectivity index (χ0v) is 15.7. The van der Waals surface area contributed by atoms with Crippen LogP contribution in [0.3, 0.4) is 0 Å². The molecule has 0 radical (unpaired) electrons. The van der Waals surface area contributed by atoms with Gasteiger partial charge >= 0.3 is 0 Å². The highest BCUT2D eigenvalue weighted by molar-refractivity contribution is 6.40. The predicted octanol–water partition coefficient (Wildman–Crippen LogP) is 0.762. The molecule has 0 spiro atoms. The summed E-state index contributed by atoms with van der Waals surface area (Å²) in [4.78, 5) is 16.4. The number of hydrogen-bond acceptors (Lipinski definition) is 5. The van der Waals surface area contributed by atoms with Crippen LogP contribution in [0.25, 0.3) is 0 Å². The first kappa shape index (κ1) is 19.1. The molecule has 6 nitrogen and oxygen atoms in total. The molecule has 2 aliphatic heterocycles. The molecule has 0 saturated carbocycles. The number of methoxy groups -OCH3 is 1. The van der Waals surface area contributed by atoms with Gasteiger partial charge < -0.3 is 19.8 Å². The topological polar surface area (TPSA) is 73.2 Å². The van der Waals surface area contributed by atoms with Gasteiger partial charge in [0.2, 0.25) is 5.91 Å². The van der Waals surface area contributed by atoms with E-state index in [1.54, 1.807) is 19.3 Å². The van der Waals surface area contributed by atoms with E-state index in [4.69, 9.17) is 27.9 Å². The van der Waals surface area contributed by atoms with E-state index in [1.165, 1.54) is 0 Å². The van der Waals surface area contributed by atoms with Crippen molar-refractivity contribution in [2.75, 3.05) is 40.0 Å². The van der Waals surface area contributed by atoms with E-state index in [0.29, 0.717) is 29.8 Å². The number of carbonyl (C=O) groups excluding carboxylic acids is 1. The van der Waals surface area contributed by atoms with Crippen molar-refractivity contribution in [3.63, 3.8) is 0 Å². The Bertz CT molecular complexity index is 583. The van der Waals surface area contributed by atoms with Gasteiger partial charge in [0.15, 0.2) is 0 Å². The number of hydrogen-bond donors (Lipinski definition) is 2. The molecule has 0 aromatic carbocycles. The molecule has 2 N–H and O–H groups in total. The van der Waals surface area contributed by atoms with Gasteiger partial charge in [-0.2, -0.15) is 0 Å². The maximum Gasteiger partial charge on any atom is 0.237 e. The Morgan fingerprint density at radius 2 is 2.16 bits per heavy atom. The maximum absolute atomic E-state index is 12.6. The molecule has 1 aliphatic carbocycles. The Labute approximate surface area is 157 Å². The summed E-state index contributed by atoms with van der Waals surface area (Å²) in [5, 5.41) is 20.8. The van der Waals surface area contributed by atoms with Crippen LogP contribution >= 0.6 is 23.2 Å². The third-order valence-electron chi connectivity index (χ3n) is 5.47. The summed E-state index contributed by atoms with van der Waals surface area (Å²) >= 11 is 12.5. The number of fused-ring (bicyclic) bond motifs is 1. The smallest absolute Gasteiger partial charge is 0.237 e. The van der Waals surface area contributed by atoms with Crippen LogP contribution < -0.4 is 0 Å². The van der Waals surface area contributed by atoms with Crippen LogP contribution in [0.15, 0.2) is 22.2 Å². The first-order valence-corrected chi connectivity index (χ1v) is 9.26. The molecule has 3 rings (SSSR count). The van der Waals surface area contributed by atoms with Gasteiger partial charge in [-0.25, -0.2) is 0 Å². The molecule has 0 bridgehead atoms. The highest BCUT2D eigenvalue weighted by atomic mass is 35.5. The number of nitrogens with zero attached hydrogens (tertiary/aromatic N) is 2. The lowest BCUT2D eigenvalue weighted by atomic mass is 9.83. The number of amides is 1. The van der Waals surface area contributed by atoms with Crippen LogP contribution in [0.4, 0.5) is 0 Å². The molecule has 1 amide bonds. The maximum atomic E-state index is 12.6. The fourth-order valence-corrected chi connectivity index (χ4v) is 4.78. The Balaban J connectivity index is 1.73. The van der Waals surface area contributed by atoms with Crippen LogP contribution in [0.5, 0.6) is 0 Å². The van der Waals surface area contributed by atoms with E-state index in [2.05, 4.69) is 0 Å². The quantitative estimate of drug-likeness (QED) is 0.724. The third kappa shape index (κ3) is 3.75. The molecule has 8 heteroatoms. The van der Waals surface area contributed by atoms with Crippen LogP contribution in [0, 0.1) is 11.8 Å². The lowest BCUT2D eigenvalue weighted by molar-refractivity contribution is -0.140. The lowest BCUT2D eigenvalue weighted by Crippen LogP contribution is -2.58. The molecule has 25 heavy (non-hydrogen) atoms. The number of aliphatic hydroxyl groups excluding tert-OH is 2. The Morgan fingerprint density at radius 1 is 1.40 bits per heavy atom. The summed E-state index contributed by atoms with van der Waals surface area (Å²) in [6.45, 7) is 1.87. The minimum Gasteiger partial charge on any atom is -0.395 e. The predicted molar refractivity (Wildman–Crippen MR) is 95.3 cm³/mol. The minimum absolute atomic E-state index is 0.0420. The molecule has 0 aromatic heterocycles. The number of rotatable bonds is 5. The first-order chi connectivity index (χ1) is 12.0. The number of ether oxygens (including phenoxy) is 1. The molecule has 0 aromatic rings. The Hall–Kier alpha value is -0.630. The standard InChI is InChI=1S/C17H24Cl2N2O4/c1-25-9-12(8-22)20-6-11-4-10(5-21(11)15(24)7-20)16-14(23)3-2-13(18)17(16)19/h2-3,10-12,14,16,22-23H,4-9H2,1H3/t10-,11-,12-,14?,16?/m0/s1. The van der Waals surface area contributed by atoms with Gasteiger partial charge in [-0.3, -0.25) is 9.69 Å². The molecular formula is C17H24Cl2N2O4. The molecule has 2 saturated heterocycles. The van der Waals surface area contributed by atoms with Crippen molar-refractivity contribution in [2.45, 2.75) is 24.6 Å². The highest BCUT2D eigenvalue weighted by Crippen LogP contribution is 2.42. The molecule has 2 unspecified atom stereocenters. The minimum atomic E-state index is -0.689. The van der Waals surface area contributed by atoms with Crippen molar-refractivity contribution >= 4 is 29.1 Å². The van der Waals surface area contributed by atoms with Gasteiger partial charge in [0.05, 0.1) is 36.9 Å². The zero-order chi connectivity index (χ0) is 18.1. The second-order valence-electron chi connectivity index (χ2n) is 6.99. The second-order valence-corrected chi connectivity index (χ2v) is 7.80. The highest BCUT2D eigenvalue weighted by Gasteiger charge is 2.46. The Morgan fingerprint density at radius 3 is 2.84 bits per heavy atom. The zero-order valence-electron chi connectivity index (χ0n) is 14.1. The molecule has 140 valence electrons. The van der Waals surface area contributed by atoms with Crippen LogP contribution in [0.1, 0.15) is 6.42 Å². The average molecular weight is 391 g/mol. The number of allylic oxidation sites excluding steroid dienone is 2. The van der Waals surface area contributed by atoms with Crippen LogP contribution in [-0.2, 0) is 9.53 Å². The summed E-state index contributed by atoms with van der Waals surface area (Å²) in [7, 11) is 1.59. The summed E-state index contributed by atoms with van der Waals surface area (Å²) < 4.78 is 5.15. The molecule has 2 heterocycles. The van der Waals surface area contributed by atoms with E-state index >= 15 is 0 Å². The van der Waals surface area contributed by atoms with Gasteiger partial charge in [-0.1, -0.05) is 29.3 Å². The summed E-state index contributed by atoms with van der Waals surface area (Å²) in [6, 6.07) is -0.130. The molecule has 2 fully saturated rings. The van der Waals surface area contributed by atoms with E-state index in [9.17, 15) is 15.0 Å². The normalized spacial score (nSPS) is 34.6. The van der Waals surface area contributed by atoms with Crippen LogP contribution in [-0.4, -0.2) is 84.1 Å². The fraction of sp³-hybridized carbons (Fsp3) is 0.706. The van der Waals surface area contributed by atoms with Gasteiger partial charge in [-0.15, -0.1) is 0 Å². The van der Waals surface area contributed by atoms with Gasteiger partial charge in [0, 0.05) is 37.2 Å². The summed E-state index contributed by atoms with van der Waals surface area (Å²) in [5.41, 5.74) is 0. The Kier molecular flexibility index (Phi) is 6.08. The molecule has 3 aliphatic rings. The van der Waals surface area contributed by atoms with E-state index in [0.717, 1.165) is 6.42 Å². The third-order valence-corrected chi connectivity index (χ3v) is 6.36. The van der Waals surface area contributed by atoms with Crippen molar-refractivity contribution < 1.29 is 19.7 Å². The average Bonchev–Trinajstić information content (AvgIpc) is 3.00. The lowest BCUT2D eigenvalue weighted by Gasteiger charge is -2.40. The number of carbonyl (C=O) groups is 1. The number of halogens is 2. The second kappa shape index (κ2) is 7.94. The largest absolute Gasteiger partial charge is 0.395 e. The first-order valence-electron chi connectivity index (χ1n) is 8.51. The van der Waals surface area contributed by atoms with Crippen molar-refractivity contribution in [3.05, 3.63) is 22.2 Å². The van der Waals surface area contributed by atoms with Crippen molar-refractivity contribution in [1.82, 2.24) is 9.80 Å². The van der Waals surface area contributed by atoms with Crippen molar-refractivity contribution in [2.24, 2.45) is 11.8 Å². The van der Waals surface area contributed by atoms with Gasteiger partial charge in [-0.05, 0) is 18.4 Å². The van der Waals surface area contributed by atoms with Crippen LogP contribution in [0.2, 0.25) is 0 Å². The van der Waals surface area contributed by atoms with E-state index in [-0.39, 0.29) is 43.0 Å². The van der Waals surface area contributed by atoms with E-state index < -0.39 is 6.10 Å². The molecular weight excluding hydrogens is 367 g/mol. The molecule has 5 atom stereocenters. The van der Waals surface area contributed by atoms with E-state index in [1.807, 2.05) is 9.80 Å². The van der Waals surface area contributed by atoms with Gasteiger partial charge in [0.1, 0.15) is 0 Å². The van der Waals surface area contributed by atoms with Gasteiger partial charge in [0.25, 0.3) is 0 Å².